The number of methoxy groups -OCH3 is 1. The highest BCUT2D eigenvalue weighted by molar-refractivity contribution is 6.24. The maximum Gasteiger partial charge on any atom is 0.127 e. The number of rotatable bonds is 1. The van der Waals surface area contributed by atoms with Crippen molar-refractivity contribution in [3.8, 4) is 5.75 Å². The van der Waals surface area contributed by atoms with Gasteiger partial charge in [0.15, 0.2) is 0 Å². The van der Waals surface area contributed by atoms with Crippen LogP contribution in [-0.4, -0.2) is 7.11 Å². The Bertz CT molecular complexity index is 1020. The Morgan fingerprint density at radius 2 is 1.39 bits per heavy atom. The highest BCUT2D eigenvalue weighted by Gasteiger charge is 2.18. The van der Waals surface area contributed by atoms with Gasteiger partial charge in [-0.15, -0.1) is 0 Å². The van der Waals surface area contributed by atoms with Gasteiger partial charge in [0.05, 0.1) is 7.11 Å². The van der Waals surface area contributed by atoms with Crippen molar-refractivity contribution >= 4 is 32.3 Å². The van der Waals surface area contributed by atoms with E-state index in [1.807, 2.05) is 0 Å². The summed E-state index contributed by atoms with van der Waals surface area (Å²) in [6.45, 7) is 8.97. The normalized spacial score (nSPS) is 12.6. The minimum atomic E-state index is 0.151. The van der Waals surface area contributed by atoms with Crippen LogP contribution in [0.2, 0.25) is 0 Å². The van der Waals surface area contributed by atoms with Crippen LogP contribution in [0.1, 0.15) is 31.9 Å². The molecule has 116 valence electrons. The summed E-state index contributed by atoms with van der Waals surface area (Å²) in [7, 11) is 1.75. The minimum absolute atomic E-state index is 0.151. The minimum Gasteiger partial charge on any atom is -0.496 e. The van der Waals surface area contributed by atoms with Gasteiger partial charge in [-0.3, -0.25) is 0 Å². The average molecular weight is 302 g/mol. The first-order chi connectivity index (χ1) is 10.9. The molecule has 0 saturated heterocycles. The molecule has 1 heteroatoms. The fourth-order valence-corrected chi connectivity index (χ4v) is 3.65. The highest BCUT2D eigenvalue weighted by Crippen LogP contribution is 2.41. The highest BCUT2D eigenvalue weighted by atomic mass is 16.5. The van der Waals surface area contributed by atoms with E-state index < -0.39 is 0 Å². The van der Waals surface area contributed by atoms with E-state index in [4.69, 9.17) is 4.74 Å². The molecule has 0 amide bonds. The largest absolute Gasteiger partial charge is 0.496 e. The first-order valence-corrected chi connectivity index (χ1v) is 8.17. The average Bonchev–Trinajstić information content (AvgIpc) is 2.52. The zero-order chi connectivity index (χ0) is 16.4. The Kier molecular flexibility index (Phi) is 2.87. The third-order valence-electron chi connectivity index (χ3n) is 4.97. The molecule has 23 heavy (non-hydrogen) atoms. The lowest BCUT2D eigenvalue weighted by Crippen LogP contribution is -2.10. The van der Waals surface area contributed by atoms with Gasteiger partial charge >= 0.3 is 0 Å². The Morgan fingerprint density at radius 1 is 0.783 bits per heavy atom. The van der Waals surface area contributed by atoms with Crippen LogP contribution in [0.4, 0.5) is 0 Å². The van der Waals surface area contributed by atoms with Crippen molar-refractivity contribution < 1.29 is 4.74 Å². The van der Waals surface area contributed by atoms with E-state index in [0.717, 1.165) is 5.75 Å². The number of hydrogen-bond donors (Lipinski definition) is 0. The standard InChI is InChI=1S/C22H22O/c1-13-10-19(23-5)18-9-7-15-12-16(22(2,3)4)11-14-6-8-17(13)21(18)20(14)15/h6-12H,1-5H3. The van der Waals surface area contributed by atoms with E-state index >= 15 is 0 Å². The van der Waals surface area contributed by atoms with Crippen molar-refractivity contribution in [3.63, 3.8) is 0 Å². The molecule has 1 nitrogen and oxygen atoms in total. The van der Waals surface area contributed by atoms with Gasteiger partial charge in [-0.2, -0.15) is 0 Å². The molecule has 0 aliphatic rings. The predicted octanol–water partition coefficient (Wildman–Crippen LogP) is 6.20. The van der Waals surface area contributed by atoms with E-state index in [9.17, 15) is 0 Å². The van der Waals surface area contributed by atoms with E-state index in [0.29, 0.717) is 0 Å². The molecule has 0 radical (unpaired) electrons. The van der Waals surface area contributed by atoms with Crippen LogP contribution in [0, 0.1) is 6.92 Å². The van der Waals surface area contributed by atoms with Crippen LogP contribution in [0.25, 0.3) is 32.3 Å². The molecule has 0 aliphatic heterocycles. The molecule has 0 bridgehead atoms. The number of hydrogen-bond acceptors (Lipinski definition) is 1. The zero-order valence-electron chi connectivity index (χ0n) is 14.4. The Hall–Kier alpha value is -2.28. The lowest BCUT2D eigenvalue weighted by atomic mass is 9.83. The molecule has 0 unspecified atom stereocenters. The van der Waals surface area contributed by atoms with Crippen LogP contribution in [0.5, 0.6) is 5.75 Å². The maximum absolute atomic E-state index is 5.63. The van der Waals surface area contributed by atoms with Crippen molar-refractivity contribution in [1.29, 1.82) is 0 Å². The summed E-state index contributed by atoms with van der Waals surface area (Å²) in [5.74, 6) is 0.962. The van der Waals surface area contributed by atoms with Crippen LogP contribution >= 0.6 is 0 Å². The fourth-order valence-electron chi connectivity index (χ4n) is 3.65. The summed E-state index contributed by atoms with van der Waals surface area (Å²) in [4.78, 5) is 0. The topological polar surface area (TPSA) is 9.23 Å². The summed E-state index contributed by atoms with van der Waals surface area (Å²) >= 11 is 0. The van der Waals surface area contributed by atoms with Gasteiger partial charge in [-0.05, 0) is 57.1 Å². The number of benzene rings is 4. The number of ether oxygens (including phenoxy) is 1. The summed E-state index contributed by atoms with van der Waals surface area (Å²) in [6.07, 6.45) is 0. The molecule has 0 aliphatic carbocycles. The maximum atomic E-state index is 5.63. The van der Waals surface area contributed by atoms with Gasteiger partial charge in [0.1, 0.15) is 5.75 Å². The summed E-state index contributed by atoms with van der Waals surface area (Å²) < 4.78 is 5.63. The van der Waals surface area contributed by atoms with Crippen molar-refractivity contribution in [1.82, 2.24) is 0 Å². The molecular formula is C22H22O. The van der Waals surface area contributed by atoms with Crippen LogP contribution in [0.3, 0.4) is 0 Å². The summed E-state index contributed by atoms with van der Waals surface area (Å²) in [5, 5.41) is 7.85. The SMILES string of the molecule is COc1cc(C)c2ccc3cc(C(C)(C)C)cc4ccc1c2c34. The third kappa shape index (κ3) is 1.99. The summed E-state index contributed by atoms with van der Waals surface area (Å²) in [6, 6.07) is 15.8. The first kappa shape index (κ1) is 14.3. The lowest BCUT2D eigenvalue weighted by molar-refractivity contribution is 0.419. The molecule has 4 aromatic carbocycles. The van der Waals surface area contributed by atoms with Crippen molar-refractivity contribution in [2.24, 2.45) is 0 Å². The van der Waals surface area contributed by atoms with E-state index in [-0.39, 0.29) is 5.41 Å². The molecule has 0 spiro atoms. The molecule has 0 aromatic heterocycles. The van der Waals surface area contributed by atoms with Crippen LogP contribution in [0.15, 0.2) is 42.5 Å². The second-order valence-electron chi connectivity index (χ2n) is 7.54. The van der Waals surface area contributed by atoms with Crippen LogP contribution < -0.4 is 4.74 Å². The number of aryl methyl sites for hydroxylation is 1. The fraction of sp³-hybridized carbons (Fsp3) is 0.273. The molecular weight excluding hydrogens is 280 g/mol. The van der Waals surface area contributed by atoms with Gasteiger partial charge < -0.3 is 4.74 Å². The molecule has 4 aromatic rings. The molecule has 0 atom stereocenters. The summed E-state index contributed by atoms with van der Waals surface area (Å²) in [5.41, 5.74) is 2.80. The molecule has 4 rings (SSSR count). The zero-order valence-corrected chi connectivity index (χ0v) is 14.4. The van der Waals surface area contributed by atoms with E-state index in [1.54, 1.807) is 7.11 Å². The van der Waals surface area contributed by atoms with Gasteiger partial charge in [0.25, 0.3) is 0 Å². The van der Waals surface area contributed by atoms with E-state index in [2.05, 4.69) is 70.2 Å². The molecule has 0 fully saturated rings. The lowest BCUT2D eigenvalue weighted by Gasteiger charge is -2.22. The van der Waals surface area contributed by atoms with Gasteiger partial charge in [0.2, 0.25) is 0 Å². The second-order valence-corrected chi connectivity index (χ2v) is 7.54. The van der Waals surface area contributed by atoms with Gasteiger partial charge in [0, 0.05) is 10.8 Å². The van der Waals surface area contributed by atoms with E-state index in [1.165, 1.54) is 43.4 Å². The van der Waals surface area contributed by atoms with Crippen molar-refractivity contribution in [3.05, 3.63) is 53.6 Å². The molecule has 0 heterocycles. The van der Waals surface area contributed by atoms with Crippen molar-refractivity contribution in [2.45, 2.75) is 33.1 Å². The van der Waals surface area contributed by atoms with Crippen LogP contribution in [-0.2, 0) is 5.41 Å². The third-order valence-corrected chi connectivity index (χ3v) is 4.97. The monoisotopic (exact) mass is 302 g/mol. The Balaban J connectivity index is 2.25. The Labute approximate surface area is 137 Å². The molecule has 0 N–H and O–H groups in total. The van der Waals surface area contributed by atoms with Gasteiger partial charge in [-0.25, -0.2) is 0 Å². The smallest absolute Gasteiger partial charge is 0.127 e. The predicted molar refractivity (Wildman–Crippen MR) is 100 cm³/mol. The van der Waals surface area contributed by atoms with Gasteiger partial charge in [-0.1, -0.05) is 51.1 Å². The Morgan fingerprint density at radius 3 is 1.96 bits per heavy atom. The molecule has 0 saturated carbocycles. The second kappa shape index (κ2) is 4.61. The first-order valence-electron chi connectivity index (χ1n) is 8.17. The van der Waals surface area contributed by atoms with Crippen molar-refractivity contribution in [2.75, 3.05) is 7.11 Å². The quantitative estimate of drug-likeness (QED) is 0.380.